The number of rotatable bonds is 4. The van der Waals surface area contributed by atoms with Gasteiger partial charge in [-0.1, -0.05) is 23.7 Å². The summed E-state index contributed by atoms with van der Waals surface area (Å²) < 4.78 is 6.76. The van der Waals surface area contributed by atoms with E-state index in [1.165, 1.54) is 0 Å². The van der Waals surface area contributed by atoms with Crippen LogP contribution in [0.5, 0.6) is 5.75 Å². The van der Waals surface area contributed by atoms with Crippen molar-refractivity contribution in [2.45, 2.75) is 19.3 Å². The van der Waals surface area contributed by atoms with E-state index in [0.29, 0.717) is 23.0 Å². The highest BCUT2D eigenvalue weighted by Crippen LogP contribution is 2.40. The first-order valence-corrected chi connectivity index (χ1v) is 10.4. The highest BCUT2D eigenvalue weighted by Gasteiger charge is 2.33. The minimum atomic E-state index is -0.163. The molecule has 0 bridgehead atoms. The molecule has 0 saturated carbocycles. The summed E-state index contributed by atoms with van der Waals surface area (Å²) in [7, 11) is 1.62. The first kappa shape index (κ1) is 20.1. The van der Waals surface area contributed by atoms with Crippen LogP contribution in [0, 0.1) is 6.92 Å². The zero-order valence-corrected chi connectivity index (χ0v) is 18.2. The summed E-state index contributed by atoms with van der Waals surface area (Å²) in [6.45, 7) is 1.91. The van der Waals surface area contributed by atoms with Crippen LogP contribution in [0.15, 0.2) is 54.7 Å². The number of anilines is 1. The number of fused-ring (bicyclic) bond motifs is 1. The van der Waals surface area contributed by atoms with Crippen molar-refractivity contribution < 1.29 is 9.53 Å². The third-order valence-corrected chi connectivity index (χ3v) is 5.71. The van der Waals surface area contributed by atoms with Crippen molar-refractivity contribution in [2.75, 3.05) is 12.4 Å². The number of aryl methyl sites for hydroxylation is 1. The van der Waals surface area contributed by atoms with E-state index in [9.17, 15) is 4.79 Å². The first-order valence-electron chi connectivity index (χ1n) is 10.0. The van der Waals surface area contributed by atoms with Gasteiger partial charge in [-0.3, -0.25) is 4.79 Å². The van der Waals surface area contributed by atoms with Crippen LogP contribution in [0.25, 0.3) is 17.2 Å². The Labute approximate surface area is 189 Å². The molecular formula is C23H19ClN6O2. The van der Waals surface area contributed by atoms with Gasteiger partial charge in [0.1, 0.15) is 11.6 Å². The molecule has 32 heavy (non-hydrogen) atoms. The fraction of sp³-hybridized carbons (Fsp3) is 0.174. The van der Waals surface area contributed by atoms with Crippen molar-refractivity contribution in [3.05, 3.63) is 76.6 Å². The van der Waals surface area contributed by atoms with Gasteiger partial charge in [-0.05, 0) is 48.9 Å². The molecule has 0 aliphatic carbocycles. The Morgan fingerprint density at radius 1 is 1.19 bits per heavy atom. The van der Waals surface area contributed by atoms with Crippen LogP contribution in [0.4, 0.5) is 5.82 Å². The molecule has 1 N–H and O–H groups in total. The average Bonchev–Trinajstić information content (AvgIpc) is 3.15. The zero-order chi connectivity index (χ0) is 22.2. The predicted octanol–water partition coefficient (Wildman–Crippen LogP) is 4.17. The maximum atomic E-state index is 12.6. The summed E-state index contributed by atoms with van der Waals surface area (Å²) in [5.41, 5.74) is 4.16. The van der Waals surface area contributed by atoms with Crippen LogP contribution in [-0.4, -0.2) is 38.0 Å². The number of nitrogens with one attached hydrogen (secondary N) is 1. The molecular weight excluding hydrogens is 428 g/mol. The molecule has 9 heteroatoms. The molecule has 1 amide bonds. The van der Waals surface area contributed by atoms with Gasteiger partial charge in [0.15, 0.2) is 0 Å². The Morgan fingerprint density at radius 2 is 2.00 bits per heavy atom. The van der Waals surface area contributed by atoms with E-state index in [2.05, 4.69) is 25.6 Å². The summed E-state index contributed by atoms with van der Waals surface area (Å²) in [5, 5.41) is 16.5. The maximum Gasteiger partial charge on any atom is 0.272 e. The normalized spacial score (nSPS) is 15.2. The smallest absolute Gasteiger partial charge is 0.272 e. The van der Waals surface area contributed by atoms with Gasteiger partial charge in [0.05, 0.1) is 24.7 Å². The van der Waals surface area contributed by atoms with Gasteiger partial charge in [-0.15, -0.1) is 5.10 Å². The minimum Gasteiger partial charge on any atom is -0.497 e. The summed E-state index contributed by atoms with van der Waals surface area (Å²) in [5.74, 6) is 1.31. The number of carbonyl (C=O) groups excluding carboxylic acids is 1. The molecule has 0 unspecified atom stereocenters. The van der Waals surface area contributed by atoms with E-state index >= 15 is 0 Å². The number of amides is 1. The predicted molar refractivity (Wildman–Crippen MR) is 120 cm³/mol. The van der Waals surface area contributed by atoms with E-state index in [1.807, 2.05) is 55.5 Å². The van der Waals surface area contributed by atoms with E-state index in [1.54, 1.807) is 18.0 Å². The second-order valence-corrected chi connectivity index (χ2v) is 7.93. The fourth-order valence-corrected chi connectivity index (χ4v) is 4.18. The van der Waals surface area contributed by atoms with Gasteiger partial charge in [-0.2, -0.15) is 14.9 Å². The Bertz CT molecular complexity index is 1320. The summed E-state index contributed by atoms with van der Waals surface area (Å²) in [6, 6.07) is 15.1. The molecule has 2 aromatic carbocycles. The van der Waals surface area contributed by atoms with E-state index in [-0.39, 0.29) is 17.8 Å². The third kappa shape index (κ3) is 3.58. The molecule has 160 valence electrons. The van der Waals surface area contributed by atoms with Gasteiger partial charge < -0.3 is 10.1 Å². The van der Waals surface area contributed by atoms with Gasteiger partial charge in [0.2, 0.25) is 5.91 Å². The van der Waals surface area contributed by atoms with Crippen LogP contribution in [0.3, 0.4) is 0 Å². The molecule has 8 nitrogen and oxygen atoms in total. The van der Waals surface area contributed by atoms with Crippen molar-refractivity contribution in [3.8, 4) is 23.0 Å². The third-order valence-electron chi connectivity index (χ3n) is 5.48. The summed E-state index contributed by atoms with van der Waals surface area (Å²) >= 11 is 6.21. The van der Waals surface area contributed by atoms with Gasteiger partial charge in [0.25, 0.3) is 5.95 Å². The number of nitrogens with zero attached hydrogens (tertiary/aromatic N) is 5. The van der Waals surface area contributed by atoms with Crippen LogP contribution >= 0.6 is 11.6 Å². The number of hydrogen-bond acceptors (Lipinski definition) is 6. The Morgan fingerprint density at radius 3 is 2.75 bits per heavy atom. The van der Waals surface area contributed by atoms with Crippen LogP contribution in [-0.2, 0) is 4.79 Å². The standard InChI is InChI=1S/C23H19ClN6O2/c1-13-21-18(15-4-3-5-16(24)10-15)11-20(31)27-22(21)30(29-13)23-26-19(12-25-28-23)14-6-8-17(32-2)9-7-14/h3-10,12,18H,11H2,1-2H3,(H,27,31)/t18-/m0/s1. The van der Waals surface area contributed by atoms with Crippen molar-refractivity contribution in [2.24, 2.45) is 0 Å². The Hall–Kier alpha value is -3.78. The molecule has 0 spiro atoms. The van der Waals surface area contributed by atoms with E-state index < -0.39 is 0 Å². The highest BCUT2D eigenvalue weighted by molar-refractivity contribution is 6.30. The lowest BCUT2D eigenvalue weighted by Crippen LogP contribution is -2.25. The quantitative estimate of drug-likeness (QED) is 0.505. The molecule has 0 radical (unpaired) electrons. The number of halogens is 1. The second kappa shape index (κ2) is 8.05. The molecule has 0 saturated heterocycles. The fourth-order valence-electron chi connectivity index (χ4n) is 3.98. The van der Waals surface area contributed by atoms with Gasteiger partial charge >= 0.3 is 0 Å². The van der Waals surface area contributed by atoms with E-state index in [4.69, 9.17) is 16.3 Å². The number of carbonyl (C=O) groups is 1. The maximum absolute atomic E-state index is 12.6. The molecule has 1 aliphatic heterocycles. The topological polar surface area (TPSA) is 94.8 Å². The van der Waals surface area contributed by atoms with Crippen molar-refractivity contribution in [3.63, 3.8) is 0 Å². The van der Waals surface area contributed by atoms with Crippen LogP contribution in [0.2, 0.25) is 5.02 Å². The monoisotopic (exact) mass is 446 g/mol. The summed E-state index contributed by atoms with van der Waals surface area (Å²) in [6.07, 6.45) is 1.90. The SMILES string of the molecule is COc1ccc(-c2cnnc(-n3nc(C)c4c3NC(=O)C[C@H]4c3cccc(Cl)c3)n2)cc1. The average molecular weight is 447 g/mol. The number of benzene rings is 2. The molecule has 1 aliphatic rings. The lowest BCUT2D eigenvalue weighted by atomic mass is 9.86. The van der Waals surface area contributed by atoms with Gasteiger partial charge in [0, 0.05) is 28.5 Å². The largest absolute Gasteiger partial charge is 0.497 e. The lowest BCUT2D eigenvalue weighted by molar-refractivity contribution is -0.116. The van der Waals surface area contributed by atoms with Gasteiger partial charge in [-0.25, -0.2) is 4.98 Å². The minimum absolute atomic E-state index is 0.108. The molecule has 2 aromatic heterocycles. The molecule has 5 rings (SSSR count). The number of aromatic nitrogens is 5. The second-order valence-electron chi connectivity index (χ2n) is 7.49. The van der Waals surface area contributed by atoms with E-state index in [0.717, 1.165) is 28.1 Å². The Balaban J connectivity index is 1.59. The number of methoxy groups -OCH3 is 1. The molecule has 0 fully saturated rings. The van der Waals surface area contributed by atoms with Crippen LogP contribution < -0.4 is 10.1 Å². The van der Waals surface area contributed by atoms with Crippen LogP contribution in [0.1, 0.15) is 29.2 Å². The van der Waals surface area contributed by atoms with Crippen molar-refractivity contribution in [1.82, 2.24) is 25.0 Å². The molecule has 1 atom stereocenters. The molecule has 4 aromatic rings. The number of ether oxygens (including phenoxy) is 1. The van der Waals surface area contributed by atoms with Crippen molar-refractivity contribution >= 4 is 23.3 Å². The first-order chi connectivity index (χ1) is 15.5. The highest BCUT2D eigenvalue weighted by atomic mass is 35.5. The van der Waals surface area contributed by atoms with Crippen molar-refractivity contribution in [1.29, 1.82) is 0 Å². The Kier molecular flexibility index (Phi) is 5.07. The summed E-state index contributed by atoms with van der Waals surface area (Å²) in [4.78, 5) is 17.2. The number of hydrogen-bond donors (Lipinski definition) is 1. The lowest BCUT2D eigenvalue weighted by Gasteiger charge is -2.24. The zero-order valence-electron chi connectivity index (χ0n) is 17.4. The molecule has 3 heterocycles.